The Kier molecular flexibility index (Phi) is 2.41. The van der Waals surface area contributed by atoms with Gasteiger partial charge in [0.15, 0.2) is 5.84 Å². The maximum atomic E-state index is 11.8. The van der Waals surface area contributed by atoms with Gasteiger partial charge in [-0.15, -0.1) is 10.2 Å². The van der Waals surface area contributed by atoms with E-state index in [0.717, 1.165) is 0 Å². The molecule has 2 aliphatic heterocycles. The van der Waals surface area contributed by atoms with Crippen LogP contribution in [0.2, 0.25) is 0 Å². The number of benzene rings is 1. The second-order valence-corrected chi connectivity index (χ2v) is 3.77. The molecule has 0 spiro atoms. The van der Waals surface area contributed by atoms with E-state index in [1.54, 1.807) is 18.2 Å². The van der Waals surface area contributed by atoms with Crippen LogP contribution < -0.4 is 10.5 Å². The van der Waals surface area contributed by atoms with E-state index < -0.39 is 5.91 Å². The normalized spacial score (nSPS) is 16.7. The lowest BCUT2D eigenvalue weighted by Crippen LogP contribution is -2.26. The summed E-state index contributed by atoms with van der Waals surface area (Å²) in [5.41, 5.74) is 6.80. The third-order valence-corrected chi connectivity index (χ3v) is 2.58. The molecule has 1 aromatic carbocycles. The third kappa shape index (κ3) is 1.79. The smallest absolute Gasteiger partial charge is 0.303 e. The molecule has 0 aliphatic carbocycles. The van der Waals surface area contributed by atoms with Gasteiger partial charge in [0.05, 0.1) is 12.7 Å². The van der Waals surface area contributed by atoms with Gasteiger partial charge in [0.1, 0.15) is 5.75 Å². The van der Waals surface area contributed by atoms with Gasteiger partial charge >= 0.3 is 5.91 Å². The Morgan fingerprint density at radius 3 is 2.84 bits per heavy atom. The molecule has 0 saturated heterocycles. The molecule has 3 rings (SSSR count). The molecule has 1 amide bonds. The van der Waals surface area contributed by atoms with Crippen LogP contribution >= 0.6 is 0 Å². The highest BCUT2D eigenvalue weighted by Crippen LogP contribution is 2.24. The Morgan fingerprint density at radius 1 is 1.21 bits per heavy atom. The molecule has 0 saturated carbocycles. The maximum Gasteiger partial charge on any atom is 0.303 e. The average molecular weight is 256 g/mol. The van der Waals surface area contributed by atoms with E-state index in [-0.39, 0.29) is 17.4 Å². The number of fused-ring (bicyclic) bond motifs is 1. The van der Waals surface area contributed by atoms with E-state index in [4.69, 9.17) is 10.5 Å². The van der Waals surface area contributed by atoms with Crippen LogP contribution in [-0.4, -0.2) is 30.4 Å². The molecule has 94 valence electrons. The molecular formula is C11H8N6O2. The van der Waals surface area contributed by atoms with Crippen LogP contribution in [0.3, 0.4) is 0 Å². The molecule has 8 nitrogen and oxygen atoms in total. The number of amidine groups is 2. The Bertz CT molecular complexity index is 701. The van der Waals surface area contributed by atoms with Gasteiger partial charge in [-0.25, -0.2) is 4.99 Å². The molecule has 0 aromatic heterocycles. The van der Waals surface area contributed by atoms with Crippen molar-refractivity contribution in [1.29, 1.82) is 0 Å². The Labute approximate surface area is 107 Å². The van der Waals surface area contributed by atoms with Gasteiger partial charge in [-0.3, -0.25) is 4.79 Å². The van der Waals surface area contributed by atoms with Crippen LogP contribution in [0.1, 0.15) is 5.56 Å². The number of nitrogens with zero attached hydrogens (tertiary/aromatic N) is 5. The number of carbonyl (C=O) groups excluding carboxylic acids is 1. The first kappa shape index (κ1) is 11.2. The molecule has 0 fully saturated rings. The van der Waals surface area contributed by atoms with E-state index in [0.29, 0.717) is 17.0 Å². The van der Waals surface area contributed by atoms with Gasteiger partial charge in [0.2, 0.25) is 11.5 Å². The topological polar surface area (TPSA) is 114 Å². The Balaban J connectivity index is 2.13. The fourth-order valence-corrected chi connectivity index (χ4v) is 1.71. The van der Waals surface area contributed by atoms with Gasteiger partial charge in [0.25, 0.3) is 0 Å². The quantitative estimate of drug-likeness (QED) is 0.788. The number of carbonyl (C=O) groups is 1. The van der Waals surface area contributed by atoms with Crippen molar-refractivity contribution in [3.05, 3.63) is 23.8 Å². The minimum absolute atomic E-state index is 0.0478. The minimum atomic E-state index is -0.533. The fraction of sp³-hybridized carbons (Fsp3) is 0.0909. The predicted molar refractivity (Wildman–Crippen MR) is 68.7 cm³/mol. The van der Waals surface area contributed by atoms with Gasteiger partial charge in [-0.05, 0) is 23.4 Å². The number of amides is 1. The molecule has 2 N–H and O–H groups in total. The summed E-state index contributed by atoms with van der Waals surface area (Å²) in [5.74, 6) is 0.318. The van der Waals surface area contributed by atoms with Crippen molar-refractivity contribution < 1.29 is 9.53 Å². The van der Waals surface area contributed by atoms with Crippen molar-refractivity contribution in [3.8, 4) is 5.75 Å². The zero-order chi connectivity index (χ0) is 13.4. The highest BCUT2D eigenvalue weighted by molar-refractivity contribution is 6.69. The number of hydrogen-bond acceptors (Lipinski definition) is 7. The summed E-state index contributed by atoms with van der Waals surface area (Å²) in [4.78, 5) is 19.7. The Morgan fingerprint density at radius 2 is 2.05 bits per heavy atom. The lowest BCUT2D eigenvalue weighted by Gasteiger charge is -2.11. The van der Waals surface area contributed by atoms with Crippen molar-refractivity contribution in [2.24, 2.45) is 25.4 Å². The summed E-state index contributed by atoms with van der Waals surface area (Å²) in [6.45, 7) is 0. The van der Waals surface area contributed by atoms with Crippen molar-refractivity contribution in [2.45, 2.75) is 0 Å². The Hall–Kier alpha value is -2.90. The van der Waals surface area contributed by atoms with Crippen molar-refractivity contribution in [2.75, 3.05) is 12.8 Å². The molecule has 1 aromatic rings. The number of anilines is 1. The summed E-state index contributed by atoms with van der Waals surface area (Å²) in [6.07, 6.45) is 0. The molecule has 0 radical (unpaired) electrons. The summed E-state index contributed by atoms with van der Waals surface area (Å²) >= 11 is 0. The lowest BCUT2D eigenvalue weighted by atomic mass is 10.1. The molecule has 0 bridgehead atoms. The molecule has 0 atom stereocenters. The number of nitrogens with two attached hydrogens (primary N) is 1. The number of ether oxygens (including phenoxy) is 1. The van der Waals surface area contributed by atoms with Gasteiger partial charge in [-0.2, -0.15) is 4.99 Å². The molecule has 2 aliphatic rings. The van der Waals surface area contributed by atoms with Gasteiger partial charge in [-0.1, -0.05) is 0 Å². The van der Waals surface area contributed by atoms with Crippen LogP contribution in [0.5, 0.6) is 5.75 Å². The third-order valence-electron chi connectivity index (χ3n) is 2.58. The van der Waals surface area contributed by atoms with E-state index in [1.807, 2.05) is 0 Å². The van der Waals surface area contributed by atoms with Crippen molar-refractivity contribution in [1.82, 2.24) is 0 Å². The summed E-state index contributed by atoms with van der Waals surface area (Å²) in [5, 5.41) is 10.6. The second-order valence-electron chi connectivity index (χ2n) is 3.77. The number of aliphatic imine (C=N–C) groups is 2. The van der Waals surface area contributed by atoms with Crippen LogP contribution in [0.15, 0.2) is 43.6 Å². The van der Waals surface area contributed by atoms with Crippen LogP contribution in [0.25, 0.3) is 0 Å². The molecular weight excluding hydrogens is 248 g/mol. The first-order valence-corrected chi connectivity index (χ1v) is 5.33. The fourth-order valence-electron chi connectivity index (χ4n) is 1.71. The van der Waals surface area contributed by atoms with Gasteiger partial charge in [0, 0.05) is 5.69 Å². The first-order chi connectivity index (χ1) is 9.19. The summed E-state index contributed by atoms with van der Waals surface area (Å²) in [7, 11) is 1.51. The maximum absolute atomic E-state index is 11.8. The molecule has 2 heterocycles. The number of rotatable bonds is 2. The van der Waals surface area contributed by atoms with E-state index in [9.17, 15) is 4.79 Å². The average Bonchev–Trinajstić information content (AvgIpc) is 2.87. The zero-order valence-electron chi connectivity index (χ0n) is 9.86. The number of hydrogen-bond donors (Lipinski definition) is 1. The van der Waals surface area contributed by atoms with E-state index >= 15 is 0 Å². The molecule has 0 unspecified atom stereocenters. The minimum Gasteiger partial charge on any atom is -0.496 e. The highest BCUT2D eigenvalue weighted by atomic mass is 16.5. The highest BCUT2D eigenvalue weighted by Gasteiger charge is 2.28. The van der Waals surface area contributed by atoms with E-state index in [2.05, 4.69) is 25.4 Å². The van der Waals surface area contributed by atoms with Crippen molar-refractivity contribution >= 4 is 29.0 Å². The molecule has 19 heavy (non-hydrogen) atoms. The van der Waals surface area contributed by atoms with Crippen LogP contribution in [0.4, 0.5) is 5.69 Å². The first-order valence-electron chi connectivity index (χ1n) is 5.33. The zero-order valence-corrected chi connectivity index (χ0v) is 9.86. The predicted octanol–water partition coefficient (Wildman–Crippen LogP) is 0.784. The lowest BCUT2D eigenvalue weighted by molar-refractivity contribution is -0.111. The molecule has 8 heteroatoms. The van der Waals surface area contributed by atoms with Gasteiger partial charge < -0.3 is 10.5 Å². The van der Waals surface area contributed by atoms with Crippen LogP contribution in [0, 0.1) is 0 Å². The number of nitrogen functional groups attached to an aromatic ring is 1. The standard InChI is InChI=1S/C11H8N6O2/c1-19-7-3-2-5(12)4-6(7)9-13-10-8(11(18)14-9)15-17-16-10/h2-4H,12H2,1H3. The summed E-state index contributed by atoms with van der Waals surface area (Å²) < 4.78 is 5.20. The summed E-state index contributed by atoms with van der Waals surface area (Å²) in [6, 6.07) is 4.99. The largest absolute Gasteiger partial charge is 0.496 e. The number of methoxy groups -OCH3 is 1. The van der Waals surface area contributed by atoms with Crippen LogP contribution in [-0.2, 0) is 4.79 Å². The SMILES string of the molecule is COc1ccc(N)cc1C1=NC(=O)C2=NN=NC2=N1. The van der Waals surface area contributed by atoms with E-state index in [1.165, 1.54) is 7.11 Å². The second kappa shape index (κ2) is 4.09. The monoisotopic (exact) mass is 256 g/mol. The van der Waals surface area contributed by atoms with Crippen molar-refractivity contribution in [3.63, 3.8) is 0 Å².